The second kappa shape index (κ2) is 7.43. The van der Waals surface area contributed by atoms with Crippen molar-refractivity contribution in [2.75, 3.05) is 23.3 Å². The van der Waals surface area contributed by atoms with Crippen molar-refractivity contribution >= 4 is 28.4 Å². The molecule has 3 N–H and O–H groups in total. The molecule has 1 aliphatic rings. The van der Waals surface area contributed by atoms with Crippen molar-refractivity contribution in [3.8, 4) is 5.82 Å². The first-order chi connectivity index (χ1) is 14.7. The molecule has 0 spiro atoms. The minimum atomic E-state index is -0.266. The van der Waals surface area contributed by atoms with Gasteiger partial charge < -0.3 is 20.2 Å². The van der Waals surface area contributed by atoms with Gasteiger partial charge in [-0.1, -0.05) is 0 Å². The summed E-state index contributed by atoms with van der Waals surface area (Å²) in [5.74, 6) is 1.35. The number of carbonyl (C=O) groups excluding carboxylic acids is 1. The first-order valence-corrected chi connectivity index (χ1v) is 9.60. The molecule has 4 heterocycles. The van der Waals surface area contributed by atoms with Crippen LogP contribution in [0.2, 0.25) is 0 Å². The van der Waals surface area contributed by atoms with Gasteiger partial charge in [0, 0.05) is 30.8 Å². The van der Waals surface area contributed by atoms with Gasteiger partial charge in [0.15, 0.2) is 5.82 Å². The van der Waals surface area contributed by atoms with Gasteiger partial charge in [0.25, 0.3) is 0 Å². The van der Waals surface area contributed by atoms with Gasteiger partial charge in [-0.05, 0) is 31.0 Å². The van der Waals surface area contributed by atoms with E-state index in [-0.39, 0.29) is 17.5 Å². The lowest BCUT2D eigenvalue weighted by Crippen LogP contribution is -2.38. The number of nitrogens with zero attached hydrogens (tertiary/aromatic N) is 6. The lowest BCUT2D eigenvalue weighted by atomic mass is 9.96. The summed E-state index contributed by atoms with van der Waals surface area (Å²) in [7, 11) is 0. The Hall–Kier alpha value is -4.02. The number of aromatic amines is 2. The highest BCUT2D eigenvalue weighted by Gasteiger charge is 2.26. The van der Waals surface area contributed by atoms with Crippen LogP contribution in [0.1, 0.15) is 12.8 Å². The number of benzene rings is 1. The summed E-state index contributed by atoms with van der Waals surface area (Å²) in [5.41, 5.74) is 1.77. The molecule has 0 bridgehead atoms. The van der Waals surface area contributed by atoms with Gasteiger partial charge in [-0.2, -0.15) is 5.10 Å². The van der Waals surface area contributed by atoms with Gasteiger partial charge in [-0.25, -0.2) is 24.4 Å². The molecule has 0 unspecified atom stereocenters. The number of hydrogen-bond donors (Lipinski definition) is 3. The molecule has 0 radical (unpaired) electrons. The average Bonchev–Trinajstić information content (AvgIpc) is 3.43. The Labute approximate surface area is 170 Å². The van der Waals surface area contributed by atoms with Crippen molar-refractivity contribution in [3.05, 3.63) is 53.7 Å². The lowest BCUT2D eigenvalue weighted by Gasteiger charge is -2.32. The first kappa shape index (κ1) is 18.0. The Morgan fingerprint density at radius 3 is 2.63 bits per heavy atom. The Balaban J connectivity index is 1.22. The molecule has 3 aromatic heterocycles. The molecule has 11 heteroatoms. The summed E-state index contributed by atoms with van der Waals surface area (Å²) >= 11 is 0. The second-order valence-corrected chi connectivity index (χ2v) is 7.16. The van der Waals surface area contributed by atoms with Crippen molar-refractivity contribution in [1.82, 2.24) is 34.7 Å². The van der Waals surface area contributed by atoms with Crippen LogP contribution in [0, 0.1) is 5.92 Å². The van der Waals surface area contributed by atoms with Gasteiger partial charge in [0.05, 0.1) is 11.0 Å². The molecule has 1 saturated heterocycles. The Morgan fingerprint density at radius 1 is 1.03 bits per heavy atom. The number of aromatic nitrogens is 7. The number of amides is 1. The second-order valence-electron chi connectivity index (χ2n) is 7.16. The normalized spacial score (nSPS) is 14.9. The number of fused-ring (bicyclic) bond motifs is 1. The van der Waals surface area contributed by atoms with Gasteiger partial charge in [0.1, 0.15) is 24.8 Å². The fraction of sp³-hybridized carbons (Fsp3) is 0.263. The monoisotopic (exact) mass is 405 g/mol. The summed E-state index contributed by atoms with van der Waals surface area (Å²) in [5, 5.41) is 7.05. The SMILES string of the molecule is O=C(Nc1ccc2[nH]c(=O)[nH]c2c1)C1CCN(c2cc(-n3cncn3)ncn2)CC1. The summed E-state index contributed by atoms with van der Waals surface area (Å²) in [6.45, 7) is 1.44. The van der Waals surface area contributed by atoms with Crippen molar-refractivity contribution in [2.45, 2.75) is 12.8 Å². The predicted molar refractivity (Wildman–Crippen MR) is 109 cm³/mol. The van der Waals surface area contributed by atoms with Crippen LogP contribution in [0.3, 0.4) is 0 Å². The maximum Gasteiger partial charge on any atom is 0.323 e. The standard InChI is InChI=1S/C19H19N9O2/c29-18(24-13-1-2-14-15(7-13)26-19(30)25-14)12-3-5-27(6-4-12)16-8-17(22-10-21-16)28-11-20-9-23-28/h1-2,7-12H,3-6H2,(H,24,29)(H2,25,26,30). The van der Waals surface area contributed by atoms with E-state index in [0.717, 1.165) is 31.7 Å². The third-order valence-electron chi connectivity index (χ3n) is 5.26. The molecule has 30 heavy (non-hydrogen) atoms. The molecular weight excluding hydrogens is 386 g/mol. The average molecular weight is 405 g/mol. The fourth-order valence-corrected chi connectivity index (χ4v) is 3.69. The number of imidazole rings is 1. The van der Waals surface area contributed by atoms with Crippen LogP contribution in [0.25, 0.3) is 16.9 Å². The van der Waals surface area contributed by atoms with Crippen molar-refractivity contribution in [1.29, 1.82) is 0 Å². The van der Waals surface area contributed by atoms with Crippen LogP contribution in [0.4, 0.5) is 11.5 Å². The van der Waals surface area contributed by atoms with Crippen LogP contribution >= 0.6 is 0 Å². The summed E-state index contributed by atoms with van der Waals surface area (Å²) < 4.78 is 1.58. The number of piperidine rings is 1. The molecule has 0 aliphatic carbocycles. The minimum absolute atomic E-state index is 0.0159. The van der Waals surface area contributed by atoms with E-state index in [1.54, 1.807) is 29.2 Å². The van der Waals surface area contributed by atoms with E-state index in [2.05, 4.69) is 40.2 Å². The summed E-state index contributed by atoms with van der Waals surface area (Å²) in [6, 6.07) is 7.17. The Kier molecular flexibility index (Phi) is 4.46. The third kappa shape index (κ3) is 3.52. The highest BCUT2D eigenvalue weighted by molar-refractivity contribution is 5.94. The molecule has 152 valence electrons. The Morgan fingerprint density at radius 2 is 1.83 bits per heavy atom. The number of anilines is 2. The first-order valence-electron chi connectivity index (χ1n) is 9.60. The number of hydrogen-bond acceptors (Lipinski definition) is 7. The third-order valence-corrected chi connectivity index (χ3v) is 5.26. The van der Waals surface area contributed by atoms with Crippen LogP contribution in [0.5, 0.6) is 0 Å². The van der Waals surface area contributed by atoms with E-state index in [4.69, 9.17) is 0 Å². The van der Waals surface area contributed by atoms with Crippen LogP contribution in [0.15, 0.2) is 48.0 Å². The van der Waals surface area contributed by atoms with E-state index >= 15 is 0 Å². The molecule has 11 nitrogen and oxygen atoms in total. The van der Waals surface area contributed by atoms with Crippen LogP contribution in [-0.4, -0.2) is 53.7 Å². The molecule has 5 rings (SSSR count). The zero-order chi connectivity index (χ0) is 20.5. The van der Waals surface area contributed by atoms with E-state index in [0.29, 0.717) is 22.5 Å². The minimum Gasteiger partial charge on any atom is -0.356 e. The molecule has 1 amide bonds. The van der Waals surface area contributed by atoms with Crippen molar-refractivity contribution in [2.24, 2.45) is 5.92 Å². The maximum atomic E-state index is 12.7. The molecule has 0 saturated carbocycles. The van der Waals surface area contributed by atoms with Gasteiger partial charge in [-0.3, -0.25) is 4.79 Å². The molecule has 1 aromatic carbocycles. The predicted octanol–water partition coefficient (Wildman–Crippen LogP) is 1.08. The molecule has 0 atom stereocenters. The van der Waals surface area contributed by atoms with Crippen LogP contribution < -0.4 is 15.9 Å². The van der Waals surface area contributed by atoms with Crippen molar-refractivity contribution in [3.63, 3.8) is 0 Å². The zero-order valence-corrected chi connectivity index (χ0v) is 15.9. The zero-order valence-electron chi connectivity index (χ0n) is 15.9. The molecular formula is C19H19N9O2. The van der Waals surface area contributed by atoms with Crippen molar-refractivity contribution < 1.29 is 4.79 Å². The quantitative estimate of drug-likeness (QED) is 0.462. The number of carbonyl (C=O) groups is 1. The lowest BCUT2D eigenvalue weighted by molar-refractivity contribution is -0.120. The topological polar surface area (TPSA) is 137 Å². The van der Waals surface area contributed by atoms with Crippen LogP contribution in [-0.2, 0) is 4.79 Å². The molecule has 1 aliphatic heterocycles. The Bertz CT molecular complexity index is 1240. The van der Waals surface area contributed by atoms with Gasteiger partial charge in [0.2, 0.25) is 5.91 Å². The highest BCUT2D eigenvalue weighted by Crippen LogP contribution is 2.24. The highest BCUT2D eigenvalue weighted by atomic mass is 16.2. The summed E-state index contributed by atoms with van der Waals surface area (Å²) in [4.78, 5) is 44.1. The van der Waals surface area contributed by atoms with E-state index in [1.807, 2.05) is 6.07 Å². The van der Waals surface area contributed by atoms with Gasteiger partial charge in [-0.15, -0.1) is 0 Å². The molecule has 4 aromatic rings. The largest absolute Gasteiger partial charge is 0.356 e. The maximum absolute atomic E-state index is 12.7. The fourth-order valence-electron chi connectivity index (χ4n) is 3.69. The van der Waals surface area contributed by atoms with Gasteiger partial charge >= 0.3 is 5.69 Å². The van der Waals surface area contributed by atoms with E-state index in [1.165, 1.54) is 12.7 Å². The number of rotatable bonds is 4. The molecule has 1 fully saturated rings. The summed E-state index contributed by atoms with van der Waals surface area (Å²) in [6.07, 6.45) is 5.99. The van der Waals surface area contributed by atoms with E-state index in [9.17, 15) is 9.59 Å². The smallest absolute Gasteiger partial charge is 0.323 e. The van der Waals surface area contributed by atoms with E-state index < -0.39 is 0 Å². The number of H-pyrrole nitrogens is 2. The number of nitrogens with one attached hydrogen (secondary N) is 3.